The highest BCUT2D eigenvalue weighted by atomic mass is 35.5. The van der Waals surface area contributed by atoms with Crippen molar-refractivity contribution in [1.29, 1.82) is 0 Å². The molecule has 4 N–H and O–H groups in total. The van der Waals surface area contributed by atoms with E-state index in [2.05, 4.69) is 33.6 Å². The minimum Gasteiger partial charge on any atom is -0.377 e. The average molecular weight is 516 g/mol. The van der Waals surface area contributed by atoms with Crippen LogP contribution in [0.25, 0.3) is 11.3 Å². The second-order valence-corrected chi connectivity index (χ2v) is 10.7. The van der Waals surface area contributed by atoms with Crippen molar-refractivity contribution in [3.8, 4) is 11.3 Å². The molecule has 0 aromatic carbocycles. The lowest BCUT2D eigenvalue weighted by Crippen LogP contribution is -2.51. The Kier molecular flexibility index (Phi) is 6.20. The molecule has 1 aliphatic carbocycles. The minimum absolute atomic E-state index is 0. The zero-order chi connectivity index (χ0) is 24.4. The van der Waals surface area contributed by atoms with Gasteiger partial charge >= 0.3 is 0 Å². The summed E-state index contributed by atoms with van der Waals surface area (Å²) < 4.78 is 5.65. The number of nitrogen functional groups attached to an aromatic ring is 1. The number of hydrogen-bond acceptors (Lipinski definition) is 10. The van der Waals surface area contributed by atoms with E-state index in [1.54, 1.807) is 12.4 Å². The maximum absolute atomic E-state index is 13.0. The first-order valence-electron chi connectivity index (χ1n) is 12.5. The molecule has 11 nitrogen and oxygen atoms in total. The molecule has 12 heteroatoms. The molecule has 2 aromatic heterocycles. The summed E-state index contributed by atoms with van der Waals surface area (Å²) in [6, 6.07) is 0.168. The molecule has 5 heterocycles. The van der Waals surface area contributed by atoms with Crippen LogP contribution in [-0.4, -0.2) is 87.3 Å². The lowest BCUT2D eigenvalue weighted by Gasteiger charge is -2.38. The maximum Gasteiger partial charge on any atom is 0.242 e. The van der Waals surface area contributed by atoms with Crippen molar-refractivity contribution in [2.75, 3.05) is 54.9 Å². The standard InChI is InChI=1S/C24H33N9O2.ClH/c1-15-13-35-10-9-32(15)22-29-18(16-11-27-21(25)28-12-16)17-3-7-33(19(17)30-22)23(2)6-8-31(14-23)20(34)24(26)4-5-24;/h11-12,15H,3-10,13-14,26H2,1-2H3,(H2,25,27,28);1H/t15-,23-;/m0./s1. The van der Waals surface area contributed by atoms with E-state index >= 15 is 0 Å². The average Bonchev–Trinajstić information content (AvgIpc) is 3.26. The lowest BCUT2D eigenvalue weighted by molar-refractivity contribution is -0.132. The van der Waals surface area contributed by atoms with E-state index in [0.717, 1.165) is 68.0 Å². The van der Waals surface area contributed by atoms with Crippen molar-refractivity contribution in [2.45, 2.75) is 56.7 Å². The molecular formula is C24H34ClN9O2. The number of hydrogen-bond donors (Lipinski definition) is 2. The first-order chi connectivity index (χ1) is 16.8. The zero-order valence-electron chi connectivity index (χ0n) is 20.8. The summed E-state index contributed by atoms with van der Waals surface area (Å²) in [5.41, 5.74) is 13.9. The van der Waals surface area contributed by atoms with Crippen molar-refractivity contribution in [1.82, 2.24) is 24.8 Å². The highest BCUT2D eigenvalue weighted by molar-refractivity contribution is 5.89. The summed E-state index contributed by atoms with van der Waals surface area (Å²) in [6.07, 6.45) is 6.72. The van der Waals surface area contributed by atoms with E-state index in [1.807, 2.05) is 4.90 Å². The monoisotopic (exact) mass is 515 g/mol. The van der Waals surface area contributed by atoms with Gasteiger partial charge in [0.2, 0.25) is 17.8 Å². The quantitative estimate of drug-likeness (QED) is 0.606. The number of fused-ring (bicyclic) bond motifs is 1. The summed E-state index contributed by atoms with van der Waals surface area (Å²) >= 11 is 0. The topological polar surface area (TPSA) is 140 Å². The second-order valence-electron chi connectivity index (χ2n) is 10.7. The molecule has 4 aliphatic rings. The van der Waals surface area contributed by atoms with E-state index in [0.29, 0.717) is 25.7 Å². The molecule has 1 amide bonds. The predicted molar refractivity (Wildman–Crippen MR) is 139 cm³/mol. The number of amides is 1. The van der Waals surface area contributed by atoms with Crippen LogP contribution in [0, 0.1) is 0 Å². The molecule has 3 fully saturated rings. The minimum atomic E-state index is -0.641. The van der Waals surface area contributed by atoms with Crippen molar-refractivity contribution >= 4 is 36.0 Å². The fourth-order valence-electron chi connectivity index (χ4n) is 5.62. The highest BCUT2D eigenvalue weighted by Crippen LogP contribution is 2.43. The van der Waals surface area contributed by atoms with Crippen molar-refractivity contribution in [3.63, 3.8) is 0 Å². The van der Waals surface area contributed by atoms with E-state index < -0.39 is 5.54 Å². The first kappa shape index (κ1) is 24.9. The van der Waals surface area contributed by atoms with E-state index in [1.165, 1.54) is 0 Å². The number of likely N-dealkylation sites (tertiary alicyclic amines) is 1. The third-order valence-corrected chi connectivity index (χ3v) is 7.99. The fraction of sp³-hybridized carbons (Fsp3) is 0.625. The smallest absolute Gasteiger partial charge is 0.242 e. The first-order valence-corrected chi connectivity index (χ1v) is 12.5. The maximum atomic E-state index is 13.0. The number of halogens is 1. The molecule has 0 bridgehead atoms. The van der Waals surface area contributed by atoms with Gasteiger partial charge in [0.1, 0.15) is 5.82 Å². The molecule has 2 aromatic rings. The Morgan fingerprint density at radius 2 is 1.89 bits per heavy atom. The molecular weight excluding hydrogens is 482 g/mol. The number of nitrogens with two attached hydrogens (primary N) is 2. The van der Waals surface area contributed by atoms with Crippen molar-refractivity contribution < 1.29 is 9.53 Å². The van der Waals surface area contributed by atoms with Crippen LogP contribution in [-0.2, 0) is 16.0 Å². The Bertz CT molecular complexity index is 1160. The molecule has 0 spiro atoms. The number of nitrogens with zero attached hydrogens (tertiary/aromatic N) is 7. The summed E-state index contributed by atoms with van der Waals surface area (Å²) in [4.78, 5) is 38.1. The van der Waals surface area contributed by atoms with Crippen LogP contribution in [0.4, 0.5) is 17.7 Å². The molecule has 0 unspecified atom stereocenters. The number of carbonyl (C=O) groups excluding carboxylic acids is 1. The summed E-state index contributed by atoms with van der Waals surface area (Å²) in [7, 11) is 0. The Hall–Kier alpha value is -2.76. The molecule has 194 valence electrons. The molecule has 36 heavy (non-hydrogen) atoms. The van der Waals surface area contributed by atoms with Crippen molar-refractivity contribution in [3.05, 3.63) is 18.0 Å². The molecule has 0 radical (unpaired) electrons. The summed E-state index contributed by atoms with van der Waals surface area (Å²) in [6.45, 7) is 8.56. The van der Waals surface area contributed by atoms with Crippen LogP contribution in [0.5, 0.6) is 0 Å². The van der Waals surface area contributed by atoms with Gasteiger partial charge in [-0.3, -0.25) is 4.79 Å². The van der Waals surface area contributed by atoms with Crippen LogP contribution in [0.1, 0.15) is 38.7 Å². The predicted octanol–water partition coefficient (Wildman–Crippen LogP) is 1.01. The Morgan fingerprint density at radius 3 is 2.58 bits per heavy atom. The number of rotatable bonds is 4. The van der Waals surface area contributed by atoms with Crippen molar-refractivity contribution in [2.24, 2.45) is 5.73 Å². The highest BCUT2D eigenvalue weighted by Gasteiger charge is 2.52. The van der Waals surface area contributed by atoms with Gasteiger partial charge in [-0.1, -0.05) is 0 Å². The second kappa shape index (κ2) is 8.97. The third kappa shape index (κ3) is 4.12. The fourth-order valence-corrected chi connectivity index (χ4v) is 5.62. The van der Waals surface area contributed by atoms with Crippen LogP contribution in [0.2, 0.25) is 0 Å². The van der Waals surface area contributed by atoms with Gasteiger partial charge in [-0.05, 0) is 39.5 Å². The molecule has 2 saturated heterocycles. The Morgan fingerprint density at radius 1 is 1.14 bits per heavy atom. The summed E-state index contributed by atoms with van der Waals surface area (Å²) in [5, 5.41) is 0. The number of carbonyl (C=O) groups is 1. The normalized spacial score (nSPS) is 26.5. The van der Waals surface area contributed by atoms with E-state index in [-0.39, 0.29) is 35.8 Å². The van der Waals surface area contributed by atoms with Crippen LogP contribution in [0.3, 0.4) is 0 Å². The Balaban J connectivity index is 0.00000267. The Labute approximate surface area is 217 Å². The van der Waals surface area contributed by atoms with Gasteiger partial charge in [0.25, 0.3) is 0 Å². The van der Waals surface area contributed by atoms with Gasteiger partial charge in [-0.15, -0.1) is 12.4 Å². The summed E-state index contributed by atoms with van der Waals surface area (Å²) in [5.74, 6) is 1.95. The lowest BCUT2D eigenvalue weighted by atomic mass is 9.99. The number of morpholine rings is 1. The molecule has 2 atom stereocenters. The number of anilines is 3. The van der Waals surface area contributed by atoms with E-state index in [9.17, 15) is 4.79 Å². The molecule has 3 aliphatic heterocycles. The number of ether oxygens (including phenoxy) is 1. The van der Waals surface area contributed by atoms with E-state index in [4.69, 9.17) is 26.2 Å². The van der Waals surface area contributed by atoms with Gasteiger partial charge < -0.3 is 30.9 Å². The van der Waals surface area contributed by atoms with Gasteiger partial charge in [-0.2, -0.15) is 4.98 Å². The van der Waals surface area contributed by atoms with Gasteiger partial charge in [0, 0.05) is 49.7 Å². The van der Waals surface area contributed by atoms with Crippen LogP contribution < -0.4 is 21.3 Å². The molecule has 1 saturated carbocycles. The van der Waals surface area contributed by atoms with Gasteiger partial charge in [0.15, 0.2) is 0 Å². The SMILES string of the molecule is C[C@H]1COCCN1c1nc(-c2cnc(N)nc2)c2c(n1)N([C@@]1(C)CCN(C(=O)C3(N)CC3)C1)CC2.Cl. The van der Waals surface area contributed by atoms with Crippen LogP contribution >= 0.6 is 12.4 Å². The van der Waals surface area contributed by atoms with Gasteiger partial charge in [-0.25, -0.2) is 15.0 Å². The molecule has 6 rings (SSSR count). The van der Waals surface area contributed by atoms with Gasteiger partial charge in [0.05, 0.1) is 36.0 Å². The van der Waals surface area contributed by atoms with Crippen LogP contribution in [0.15, 0.2) is 12.4 Å². The third-order valence-electron chi connectivity index (χ3n) is 7.99. The largest absolute Gasteiger partial charge is 0.377 e. The number of aromatic nitrogens is 4. The zero-order valence-corrected chi connectivity index (χ0v) is 21.6.